The maximum absolute atomic E-state index is 12.8. The predicted octanol–water partition coefficient (Wildman–Crippen LogP) is 2.38. The second-order valence-electron chi connectivity index (χ2n) is 5.78. The number of benzene rings is 1. The lowest BCUT2D eigenvalue weighted by Crippen LogP contribution is -2.48. The number of rotatable bonds is 3. The van der Waals surface area contributed by atoms with E-state index < -0.39 is 5.97 Å². The molecule has 1 saturated heterocycles. The van der Waals surface area contributed by atoms with Crippen molar-refractivity contribution >= 4 is 11.9 Å². The van der Waals surface area contributed by atoms with Gasteiger partial charge in [-0.1, -0.05) is 30.3 Å². The minimum absolute atomic E-state index is 0.0587. The van der Waals surface area contributed by atoms with Crippen LogP contribution in [0.3, 0.4) is 0 Å². The van der Waals surface area contributed by atoms with E-state index in [2.05, 4.69) is 4.98 Å². The molecular weight excluding hydrogens is 308 g/mol. The molecule has 6 heteroatoms. The van der Waals surface area contributed by atoms with E-state index in [0.29, 0.717) is 18.7 Å². The van der Waals surface area contributed by atoms with Crippen LogP contribution >= 0.6 is 0 Å². The summed E-state index contributed by atoms with van der Waals surface area (Å²) in [5, 5.41) is 8.89. The molecule has 0 bridgehead atoms. The summed E-state index contributed by atoms with van der Waals surface area (Å²) < 4.78 is 5.86. The molecule has 1 N–H and O–H groups in total. The van der Waals surface area contributed by atoms with Crippen LogP contribution in [0.25, 0.3) is 0 Å². The number of hydrogen-bond acceptors (Lipinski definition) is 4. The lowest BCUT2D eigenvalue weighted by atomic mass is 10.1. The maximum Gasteiger partial charge on any atom is 0.354 e. The molecule has 0 radical (unpaired) electrons. The van der Waals surface area contributed by atoms with Crippen LogP contribution < -0.4 is 0 Å². The minimum atomic E-state index is -1.11. The third-order valence-electron chi connectivity index (χ3n) is 4.09. The topological polar surface area (TPSA) is 79.7 Å². The summed E-state index contributed by atoms with van der Waals surface area (Å²) in [7, 11) is 0. The number of carboxylic acids is 1. The first-order chi connectivity index (χ1) is 11.6. The summed E-state index contributed by atoms with van der Waals surface area (Å²) in [5.41, 5.74) is 1.32. The number of pyridine rings is 1. The van der Waals surface area contributed by atoms with E-state index in [1.165, 1.54) is 18.3 Å². The van der Waals surface area contributed by atoms with Crippen molar-refractivity contribution in [2.24, 2.45) is 0 Å². The molecule has 6 nitrogen and oxygen atoms in total. The highest BCUT2D eigenvalue weighted by molar-refractivity contribution is 5.95. The lowest BCUT2D eigenvalue weighted by molar-refractivity contribution is -0.0486. The molecule has 2 heterocycles. The van der Waals surface area contributed by atoms with Crippen molar-refractivity contribution in [2.75, 3.05) is 13.2 Å². The van der Waals surface area contributed by atoms with Gasteiger partial charge >= 0.3 is 5.97 Å². The van der Waals surface area contributed by atoms with Crippen LogP contribution in [-0.4, -0.2) is 46.1 Å². The van der Waals surface area contributed by atoms with Crippen LogP contribution in [-0.2, 0) is 4.74 Å². The fourth-order valence-corrected chi connectivity index (χ4v) is 2.72. The monoisotopic (exact) mass is 326 g/mol. The number of carbonyl (C=O) groups excluding carboxylic acids is 1. The van der Waals surface area contributed by atoms with Gasteiger partial charge in [0.2, 0.25) is 0 Å². The van der Waals surface area contributed by atoms with Crippen molar-refractivity contribution < 1.29 is 19.4 Å². The fraction of sp³-hybridized carbons (Fsp3) is 0.278. The standard InChI is InChI=1S/C18H18N2O4/c1-12-11-24-16(13-5-3-2-4-6-13)10-20(12)17(21)14-7-8-15(18(22)23)19-9-14/h2-9,12,16H,10-11H2,1H3,(H,22,23)/t12-,16-/m0/s1. The fourth-order valence-electron chi connectivity index (χ4n) is 2.72. The SMILES string of the molecule is C[C@H]1CO[C@H](c2ccccc2)CN1C(=O)c1ccc(C(=O)O)nc1. The highest BCUT2D eigenvalue weighted by atomic mass is 16.5. The highest BCUT2D eigenvalue weighted by Gasteiger charge is 2.31. The van der Waals surface area contributed by atoms with E-state index in [0.717, 1.165) is 5.56 Å². The summed E-state index contributed by atoms with van der Waals surface area (Å²) >= 11 is 0. The summed E-state index contributed by atoms with van der Waals surface area (Å²) in [6.45, 7) is 2.83. The Morgan fingerprint density at radius 3 is 2.58 bits per heavy atom. The van der Waals surface area contributed by atoms with Gasteiger partial charge in [-0.3, -0.25) is 4.79 Å². The predicted molar refractivity (Wildman–Crippen MR) is 86.8 cm³/mol. The van der Waals surface area contributed by atoms with Crippen LogP contribution in [0.1, 0.15) is 39.4 Å². The minimum Gasteiger partial charge on any atom is -0.477 e. The Kier molecular flexibility index (Phi) is 4.57. The Labute approximate surface area is 139 Å². The zero-order chi connectivity index (χ0) is 17.1. The van der Waals surface area contributed by atoms with Gasteiger partial charge in [0.15, 0.2) is 0 Å². The number of aromatic nitrogens is 1. The highest BCUT2D eigenvalue weighted by Crippen LogP contribution is 2.25. The Bertz CT molecular complexity index is 730. The van der Waals surface area contributed by atoms with E-state index in [9.17, 15) is 9.59 Å². The maximum atomic E-state index is 12.8. The molecular formula is C18H18N2O4. The summed E-state index contributed by atoms with van der Waals surface area (Å²) in [4.78, 5) is 29.2. The first kappa shape index (κ1) is 16.1. The Hall–Kier alpha value is -2.73. The average Bonchev–Trinajstić information content (AvgIpc) is 2.62. The van der Waals surface area contributed by atoms with Gasteiger partial charge in [0, 0.05) is 6.20 Å². The molecule has 1 aliphatic heterocycles. The summed E-state index contributed by atoms with van der Waals surface area (Å²) in [6.07, 6.45) is 1.14. The Morgan fingerprint density at radius 2 is 1.96 bits per heavy atom. The Morgan fingerprint density at radius 1 is 1.21 bits per heavy atom. The van der Waals surface area contributed by atoms with Crippen LogP contribution in [0.15, 0.2) is 48.7 Å². The van der Waals surface area contributed by atoms with Gasteiger partial charge in [-0.2, -0.15) is 0 Å². The van der Waals surface area contributed by atoms with E-state index in [4.69, 9.17) is 9.84 Å². The van der Waals surface area contributed by atoms with Crippen LogP contribution in [0.5, 0.6) is 0 Å². The lowest BCUT2D eigenvalue weighted by Gasteiger charge is -2.38. The smallest absolute Gasteiger partial charge is 0.354 e. The number of aromatic carboxylic acids is 1. The zero-order valence-electron chi connectivity index (χ0n) is 13.3. The molecule has 0 aliphatic carbocycles. The number of carboxylic acid groups (broad SMARTS) is 1. The van der Waals surface area contributed by atoms with Crippen molar-refractivity contribution in [1.29, 1.82) is 0 Å². The molecule has 0 unspecified atom stereocenters. The number of amides is 1. The second-order valence-corrected chi connectivity index (χ2v) is 5.78. The average molecular weight is 326 g/mol. The van der Waals surface area contributed by atoms with Gasteiger partial charge < -0.3 is 14.7 Å². The van der Waals surface area contributed by atoms with E-state index in [-0.39, 0.29) is 23.7 Å². The molecule has 124 valence electrons. The second kappa shape index (κ2) is 6.80. The van der Waals surface area contributed by atoms with E-state index in [1.807, 2.05) is 37.3 Å². The largest absolute Gasteiger partial charge is 0.477 e. The summed E-state index contributed by atoms with van der Waals surface area (Å²) in [5.74, 6) is -1.28. The molecule has 3 rings (SSSR count). The van der Waals surface area contributed by atoms with E-state index in [1.54, 1.807) is 4.90 Å². The van der Waals surface area contributed by atoms with Gasteiger partial charge in [-0.05, 0) is 24.6 Å². The van der Waals surface area contributed by atoms with Crippen LogP contribution in [0.2, 0.25) is 0 Å². The normalized spacial score (nSPS) is 20.6. The molecule has 1 amide bonds. The molecule has 0 spiro atoms. The molecule has 1 aromatic heterocycles. The molecule has 1 aliphatic rings. The first-order valence-electron chi connectivity index (χ1n) is 7.73. The van der Waals surface area contributed by atoms with Gasteiger partial charge in [-0.25, -0.2) is 9.78 Å². The van der Waals surface area contributed by atoms with Gasteiger partial charge in [0.05, 0.1) is 24.8 Å². The number of carbonyl (C=O) groups is 2. The molecule has 2 aromatic rings. The third-order valence-corrected chi connectivity index (χ3v) is 4.09. The third kappa shape index (κ3) is 3.28. The number of hydrogen-bond donors (Lipinski definition) is 1. The van der Waals surface area contributed by atoms with Crippen LogP contribution in [0.4, 0.5) is 0 Å². The van der Waals surface area contributed by atoms with E-state index >= 15 is 0 Å². The van der Waals surface area contributed by atoms with Crippen molar-refractivity contribution in [3.05, 3.63) is 65.5 Å². The van der Waals surface area contributed by atoms with Crippen molar-refractivity contribution in [1.82, 2.24) is 9.88 Å². The quantitative estimate of drug-likeness (QED) is 0.937. The van der Waals surface area contributed by atoms with Crippen LogP contribution in [0, 0.1) is 0 Å². The van der Waals surface area contributed by atoms with Crippen molar-refractivity contribution in [3.8, 4) is 0 Å². The first-order valence-corrected chi connectivity index (χ1v) is 7.73. The molecule has 24 heavy (non-hydrogen) atoms. The molecule has 2 atom stereocenters. The van der Waals surface area contributed by atoms with Gasteiger partial charge in [0.1, 0.15) is 11.8 Å². The number of nitrogens with zero attached hydrogens (tertiary/aromatic N) is 2. The van der Waals surface area contributed by atoms with Gasteiger partial charge in [-0.15, -0.1) is 0 Å². The van der Waals surface area contributed by atoms with Crippen molar-refractivity contribution in [2.45, 2.75) is 19.1 Å². The summed E-state index contributed by atoms with van der Waals surface area (Å²) in [6, 6.07) is 12.6. The van der Waals surface area contributed by atoms with Crippen molar-refractivity contribution in [3.63, 3.8) is 0 Å². The molecule has 1 aromatic carbocycles. The zero-order valence-corrected chi connectivity index (χ0v) is 13.3. The molecule has 1 fully saturated rings. The molecule has 0 saturated carbocycles. The number of morpholine rings is 1. The van der Waals surface area contributed by atoms with Gasteiger partial charge in [0.25, 0.3) is 5.91 Å². The number of ether oxygens (including phenoxy) is 1. The Balaban J connectivity index is 1.78.